The van der Waals surface area contributed by atoms with Crippen molar-refractivity contribution in [2.24, 2.45) is 0 Å². The lowest BCUT2D eigenvalue weighted by atomic mass is 10.2. The maximum Gasteiger partial charge on any atom is 0.244 e. The fourth-order valence-corrected chi connectivity index (χ4v) is 3.39. The highest BCUT2D eigenvalue weighted by Crippen LogP contribution is 2.28. The molecule has 0 radical (unpaired) electrons. The maximum absolute atomic E-state index is 12.1. The Kier molecular flexibility index (Phi) is 8.89. The molecule has 2 aromatic rings. The van der Waals surface area contributed by atoms with Gasteiger partial charge in [-0.05, 0) is 54.9 Å². The van der Waals surface area contributed by atoms with Crippen molar-refractivity contribution in [3.8, 4) is 11.5 Å². The molecule has 0 atom stereocenters. The molecule has 0 bridgehead atoms. The van der Waals surface area contributed by atoms with Crippen LogP contribution in [0.15, 0.2) is 53.4 Å². The fraction of sp³-hybridized carbons (Fsp3) is 0.318. The molecule has 0 saturated carbocycles. The minimum atomic E-state index is -3.52. The molecular formula is C22H28N2O5S. The highest BCUT2D eigenvalue weighted by molar-refractivity contribution is 7.89. The van der Waals surface area contributed by atoms with Gasteiger partial charge < -0.3 is 14.8 Å². The van der Waals surface area contributed by atoms with E-state index >= 15 is 0 Å². The Balaban J connectivity index is 1.97. The molecule has 2 aromatic carbocycles. The number of benzene rings is 2. The highest BCUT2D eigenvalue weighted by Gasteiger charge is 2.11. The van der Waals surface area contributed by atoms with Crippen molar-refractivity contribution in [2.75, 3.05) is 20.8 Å². The third-order valence-corrected chi connectivity index (χ3v) is 5.73. The highest BCUT2D eigenvalue weighted by atomic mass is 32.2. The lowest BCUT2D eigenvalue weighted by Gasteiger charge is -2.11. The summed E-state index contributed by atoms with van der Waals surface area (Å²) in [7, 11) is -0.594. The topological polar surface area (TPSA) is 93.7 Å². The Bertz CT molecular complexity index is 987. The normalized spacial score (nSPS) is 11.4. The number of ether oxygens (including phenoxy) is 2. The van der Waals surface area contributed by atoms with E-state index in [1.54, 1.807) is 31.4 Å². The van der Waals surface area contributed by atoms with Gasteiger partial charge in [0, 0.05) is 12.6 Å². The number of unbranched alkanes of at least 4 members (excludes halogenated alkanes) is 1. The van der Waals surface area contributed by atoms with Crippen LogP contribution < -0.4 is 19.5 Å². The zero-order chi connectivity index (χ0) is 22.0. The average Bonchev–Trinajstić information content (AvgIpc) is 2.77. The summed E-state index contributed by atoms with van der Waals surface area (Å²) in [5.74, 6) is 0.985. The van der Waals surface area contributed by atoms with E-state index in [0.717, 1.165) is 18.4 Å². The fourth-order valence-electron chi connectivity index (χ4n) is 2.59. The predicted molar refractivity (Wildman–Crippen MR) is 117 cm³/mol. The molecule has 2 N–H and O–H groups in total. The minimum absolute atomic E-state index is 0.153. The number of hydrogen-bond acceptors (Lipinski definition) is 5. The lowest BCUT2D eigenvalue weighted by Crippen LogP contribution is -2.21. The molecule has 1 amide bonds. The van der Waals surface area contributed by atoms with Gasteiger partial charge in [-0.25, -0.2) is 13.1 Å². The Labute approximate surface area is 178 Å². The van der Waals surface area contributed by atoms with Gasteiger partial charge in [0.1, 0.15) is 0 Å². The Morgan fingerprint density at radius 1 is 1.13 bits per heavy atom. The third-order valence-electron chi connectivity index (χ3n) is 4.31. The van der Waals surface area contributed by atoms with Crippen LogP contribution in [0, 0.1) is 0 Å². The van der Waals surface area contributed by atoms with Gasteiger partial charge in [-0.3, -0.25) is 4.79 Å². The van der Waals surface area contributed by atoms with Gasteiger partial charge in [0.2, 0.25) is 15.9 Å². The molecule has 8 heteroatoms. The van der Waals surface area contributed by atoms with Crippen LogP contribution in [-0.2, 0) is 21.4 Å². The Morgan fingerprint density at radius 2 is 1.93 bits per heavy atom. The van der Waals surface area contributed by atoms with Crippen LogP contribution in [-0.4, -0.2) is 35.1 Å². The first-order valence-corrected chi connectivity index (χ1v) is 11.2. The molecule has 0 heterocycles. The molecule has 0 unspecified atom stereocenters. The van der Waals surface area contributed by atoms with E-state index in [1.807, 2.05) is 12.1 Å². The molecule has 0 saturated heterocycles. The number of carbonyl (C=O) groups is 1. The zero-order valence-corrected chi connectivity index (χ0v) is 18.3. The standard InChI is InChI=1S/C22H28N2O5S/c1-4-5-13-29-20-11-9-17(15-21(20)28-3)10-12-22(25)24-16-18-7-6-8-19(14-18)30(26,27)23-2/h6-12,14-15,23H,4-5,13,16H2,1-3H3,(H,24,25)/b12-10+. The number of sulfonamides is 1. The van der Waals surface area contributed by atoms with Crippen LogP contribution in [0.1, 0.15) is 30.9 Å². The SMILES string of the molecule is CCCCOc1ccc(/C=C/C(=O)NCc2cccc(S(=O)(=O)NC)c2)cc1OC. The molecule has 0 aliphatic carbocycles. The van der Waals surface area contributed by atoms with E-state index in [1.165, 1.54) is 25.3 Å². The number of carbonyl (C=O) groups excluding carboxylic acids is 1. The Morgan fingerprint density at radius 3 is 2.63 bits per heavy atom. The summed E-state index contributed by atoms with van der Waals surface area (Å²) in [6, 6.07) is 11.9. The van der Waals surface area contributed by atoms with Crippen LogP contribution >= 0.6 is 0 Å². The zero-order valence-electron chi connectivity index (χ0n) is 17.5. The van der Waals surface area contributed by atoms with Crippen LogP contribution in [0.4, 0.5) is 0 Å². The molecule has 0 fully saturated rings. The first-order chi connectivity index (χ1) is 14.4. The van der Waals surface area contributed by atoms with Crippen LogP contribution in [0.2, 0.25) is 0 Å². The second kappa shape index (κ2) is 11.4. The summed E-state index contributed by atoms with van der Waals surface area (Å²) in [4.78, 5) is 12.3. The van der Waals surface area contributed by atoms with Gasteiger partial charge >= 0.3 is 0 Å². The van der Waals surface area contributed by atoms with Gasteiger partial charge in [-0.2, -0.15) is 0 Å². The second-order valence-electron chi connectivity index (χ2n) is 6.52. The molecule has 0 aliphatic heterocycles. The summed E-state index contributed by atoms with van der Waals surface area (Å²) in [5, 5.41) is 2.74. The first-order valence-electron chi connectivity index (χ1n) is 9.69. The Hall–Kier alpha value is -2.84. The van der Waals surface area contributed by atoms with Crippen molar-refractivity contribution in [3.63, 3.8) is 0 Å². The number of hydrogen-bond donors (Lipinski definition) is 2. The van der Waals surface area contributed by atoms with E-state index in [9.17, 15) is 13.2 Å². The van der Waals surface area contributed by atoms with Gasteiger partial charge in [-0.15, -0.1) is 0 Å². The summed E-state index contributed by atoms with van der Waals surface area (Å²) in [5.41, 5.74) is 1.48. The van der Waals surface area contributed by atoms with Crippen LogP contribution in [0.25, 0.3) is 6.08 Å². The minimum Gasteiger partial charge on any atom is -0.493 e. The molecule has 0 aromatic heterocycles. The molecule has 30 heavy (non-hydrogen) atoms. The van der Waals surface area contributed by atoms with E-state index in [0.29, 0.717) is 23.7 Å². The van der Waals surface area contributed by atoms with Crippen molar-refractivity contribution in [1.29, 1.82) is 0 Å². The molecule has 0 aliphatic rings. The smallest absolute Gasteiger partial charge is 0.244 e. The van der Waals surface area contributed by atoms with Gasteiger partial charge in [0.05, 0.1) is 18.6 Å². The van der Waals surface area contributed by atoms with Crippen molar-refractivity contribution in [2.45, 2.75) is 31.2 Å². The van der Waals surface area contributed by atoms with E-state index in [2.05, 4.69) is 17.0 Å². The number of amides is 1. The van der Waals surface area contributed by atoms with Gasteiger partial charge in [0.15, 0.2) is 11.5 Å². The lowest BCUT2D eigenvalue weighted by molar-refractivity contribution is -0.116. The van der Waals surface area contributed by atoms with Gasteiger partial charge in [-0.1, -0.05) is 31.5 Å². The van der Waals surface area contributed by atoms with E-state index in [-0.39, 0.29) is 17.3 Å². The summed E-state index contributed by atoms with van der Waals surface area (Å²) in [6.45, 7) is 2.94. The molecule has 162 valence electrons. The third kappa shape index (κ3) is 6.89. The predicted octanol–water partition coefficient (Wildman–Crippen LogP) is 3.11. The molecule has 2 rings (SSSR count). The van der Waals surface area contributed by atoms with Crippen LogP contribution in [0.5, 0.6) is 11.5 Å². The summed E-state index contributed by atoms with van der Waals surface area (Å²) < 4.78 is 37.1. The molecule has 7 nitrogen and oxygen atoms in total. The molecular weight excluding hydrogens is 404 g/mol. The van der Waals surface area contributed by atoms with Crippen molar-refractivity contribution in [1.82, 2.24) is 10.0 Å². The summed E-state index contributed by atoms with van der Waals surface area (Å²) in [6.07, 6.45) is 5.11. The average molecular weight is 433 g/mol. The van der Waals surface area contributed by atoms with Crippen molar-refractivity contribution in [3.05, 3.63) is 59.7 Å². The molecule has 0 spiro atoms. The number of rotatable bonds is 11. The first kappa shape index (κ1) is 23.4. The largest absolute Gasteiger partial charge is 0.493 e. The summed E-state index contributed by atoms with van der Waals surface area (Å²) >= 11 is 0. The van der Waals surface area contributed by atoms with Gasteiger partial charge in [0.25, 0.3) is 0 Å². The van der Waals surface area contributed by atoms with Crippen molar-refractivity contribution >= 4 is 22.0 Å². The number of nitrogens with one attached hydrogen (secondary N) is 2. The maximum atomic E-state index is 12.1. The van der Waals surface area contributed by atoms with E-state index < -0.39 is 10.0 Å². The van der Waals surface area contributed by atoms with Crippen LogP contribution in [0.3, 0.4) is 0 Å². The number of methoxy groups -OCH3 is 1. The quantitative estimate of drug-likeness (QED) is 0.420. The van der Waals surface area contributed by atoms with E-state index in [4.69, 9.17) is 9.47 Å². The second-order valence-corrected chi connectivity index (χ2v) is 8.40. The van der Waals surface area contributed by atoms with Crippen molar-refractivity contribution < 1.29 is 22.7 Å². The monoisotopic (exact) mass is 432 g/mol.